The Labute approximate surface area is 203 Å². The highest BCUT2D eigenvalue weighted by Gasteiger charge is 2.39. The number of benzene rings is 2. The Morgan fingerprint density at radius 1 is 1.15 bits per heavy atom. The molecule has 0 saturated carbocycles. The maximum Gasteiger partial charge on any atom is 0.247 e. The minimum atomic E-state index is -0.230. The van der Waals surface area contributed by atoms with E-state index in [9.17, 15) is 4.79 Å². The molecule has 4 rings (SSSR count). The molecule has 3 unspecified atom stereocenters. The maximum absolute atomic E-state index is 12.0. The molecule has 1 heterocycles. The average molecular weight is 488 g/mol. The zero-order chi connectivity index (χ0) is 23.7. The van der Waals surface area contributed by atoms with E-state index in [-0.39, 0.29) is 23.9 Å². The standard InChI is InChI=1S/C25H27Cl2N3O3/c1-5-21(31)28-17-10-13(2)6-8-15(17)25-16-9-7-14(11-18(16)29-30-25)22-23(26)19(32-3)12-20(33-4)24(22)27/h5-6,8,10-12,16,18,25,29-30H,1,7,9H2,2-4H3,(H,28,31). The third kappa shape index (κ3) is 4.49. The lowest BCUT2D eigenvalue weighted by Gasteiger charge is -2.29. The van der Waals surface area contributed by atoms with Crippen LogP contribution in [0.5, 0.6) is 11.5 Å². The summed E-state index contributed by atoms with van der Waals surface area (Å²) in [4.78, 5) is 12.0. The summed E-state index contributed by atoms with van der Waals surface area (Å²) in [6, 6.07) is 7.89. The lowest BCUT2D eigenvalue weighted by Crippen LogP contribution is -2.31. The van der Waals surface area contributed by atoms with Crippen LogP contribution < -0.4 is 25.6 Å². The summed E-state index contributed by atoms with van der Waals surface area (Å²) >= 11 is 13.3. The molecule has 174 valence electrons. The van der Waals surface area contributed by atoms with Gasteiger partial charge in [0, 0.05) is 29.3 Å². The van der Waals surface area contributed by atoms with Crippen molar-refractivity contribution in [2.75, 3.05) is 19.5 Å². The number of fused-ring (bicyclic) bond motifs is 1. The van der Waals surface area contributed by atoms with Gasteiger partial charge in [0.1, 0.15) is 11.5 Å². The molecule has 1 aliphatic carbocycles. The number of aryl methyl sites for hydroxylation is 1. The van der Waals surface area contributed by atoms with Gasteiger partial charge in [0.25, 0.3) is 0 Å². The summed E-state index contributed by atoms with van der Waals surface area (Å²) < 4.78 is 10.9. The Hall–Kier alpha value is -2.51. The zero-order valence-corrected chi connectivity index (χ0v) is 20.3. The van der Waals surface area contributed by atoms with Gasteiger partial charge in [0.05, 0.1) is 30.3 Å². The number of carbonyl (C=O) groups excluding carboxylic acids is 1. The van der Waals surface area contributed by atoms with Crippen molar-refractivity contribution in [1.82, 2.24) is 10.9 Å². The van der Waals surface area contributed by atoms with Crippen molar-refractivity contribution in [3.8, 4) is 11.5 Å². The average Bonchev–Trinajstić information content (AvgIpc) is 3.22. The number of amides is 1. The predicted octanol–water partition coefficient (Wildman–Crippen LogP) is 5.45. The van der Waals surface area contributed by atoms with Crippen LogP contribution in [0.25, 0.3) is 5.57 Å². The van der Waals surface area contributed by atoms with Gasteiger partial charge in [-0.1, -0.05) is 48.0 Å². The molecule has 8 heteroatoms. The maximum atomic E-state index is 12.0. The van der Waals surface area contributed by atoms with Crippen LogP contribution in [0.3, 0.4) is 0 Å². The molecule has 0 aromatic heterocycles. The van der Waals surface area contributed by atoms with Crippen LogP contribution in [0.1, 0.15) is 35.6 Å². The number of methoxy groups -OCH3 is 2. The van der Waals surface area contributed by atoms with E-state index in [1.165, 1.54) is 6.08 Å². The fourth-order valence-corrected chi connectivity index (χ4v) is 5.40. The molecule has 1 amide bonds. The molecular formula is C25H27Cl2N3O3. The van der Waals surface area contributed by atoms with Gasteiger partial charge in [-0.15, -0.1) is 0 Å². The van der Waals surface area contributed by atoms with E-state index in [1.54, 1.807) is 20.3 Å². The second-order valence-electron chi connectivity index (χ2n) is 8.25. The number of hydrogen-bond donors (Lipinski definition) is 3. The Morgan fingerprint density at radius 3 is 2.48 bits per heavy atom. The van der Waals surface area contributed by atoms with Crippen molar-refractivity contribution in [2.24, 2.45) is 5.92 Å². The Bertz CT molecular complexity index is 1100. The SMILES string of the molecule is C=CC(=O)Nc1cc(C)ccc1C1NNC2C=C(c3c(Cl)c(OC)cc(OC)c3Cl)CCC21. The minimum absolute atomic E-state index is 0.0271. The van der Waals surface area contributed by atoms with E-state index in [2.05, 4.69) is 41.0 Å². The van der Waals surface area contributed by atoms with Crippen molar-refractivity contribution in [3.05, 3.63) is 69.7 Å². The number of hydrazine groups is 1. The van der Waals surface area contributed by atoms with Gasteiger partial charge in [0.15, 0.2) is 0 Å². The smallest absolute Gasteiger partial charge is 0.247 e. The third-order valence-electron chi connectivity index (χ3n) is 6.30. The largest absolute Gasteiger partial charge is 0.495 e. The molecule has 3 atom stereocenters. The van der Waals surface area contributed by atoms with E-state index in [4.69, 9.17) is 32.7 Å². The second kappa shape index (κ2) is 9.77. The fraction of sp³-hybridized carbons (Fsp3) is 0.320. The van der Waals surface area contributed by atoms with Gasteiger partial charge in [0.2, 0.25) is 5.91 Å². The molecule has 0 spiro atoms. The summed E-state index contributed by atoms with van der Waals surface area (Å²) in [7, 11) is 3.14. The van der Waals surface area contributed by atoms with E-state index < -0.39 is 0 Å². The molecule has 0 radical (unpaired) electrons. The normalized spacial score (nSPS) is 21.7. The predicted molar refractivity (Wildman–Crippen MR) is 133 cm³/mol. The van der Waals surface area contributed by atoms with E-state index in [0.717, 1.165) is 40.8 Å². The fourth-order valence-electron chi connectivity index (χ4n) is 4.66. The van der Waals surface area contributed by atoms with Crippen LogP contribution in [-0.4, -0.2) is 26.2 Å². The van der Waals surface area contributed by atoms with Crippen LogP contribution >= 0.6 is 23.2 Å². The van der Waals surface area contributed by atoms with Gasteiger partial charge >= 0.3 is 0 Å². The van der Waals surface area contributed by atoms with Crippen molar-refractivity contribution < 1.29 is 14.3 Å². The first-order valence-corrected chi connectivity index (χ1v) is 11.5. The van der Waals surface area contributed by atoms with Crippen LogP contribution in [0.4, 0.5) is 5.69 Å². The van der Waals surface area contributed by atoms with Crippen molar-refractivity contribution in [3.63, 3.8) is 0 Å². The molecular weight excluding hydrogens is 461 g/mol. The number of carbonyl (C=O) groups is 1. The van der Waals surface area contributed by atoms with Crippen molar-refractivity contribution >= 4 is 40.4 Å². The lowest BCUT2D eigenvalue weighted by molar-refractivity contribution is -0.111. The first-order chi connectivity index (χ1) is 15.9. The molecule has 2 aliphatic rings. The second-order valence-corrected chi connectivity index (χ2v) is 9.01. The number of hydrogen-bond acceptors (Lipinski definition) is 5. The highest BCUT2D eigenvalue weighted by atomic mass is 35.5. The topological polar surface area (TPSA) is 71.6 Å². The molecule has 0 bridgehead atoms. The third-order valence-corrected chi connectivity index (χ3v) is 7.06. The Balaban J connectivity index is 1.67. The van der Waals surface area contributed by atoms with E-state index in [0.29, 0.717) is 21.5 Å². The molecule has 3 N–H and O–H groups in total. The number of ether oxygens (including phenoxy) is 2. The van der Waals surface area contributed by atoms with Crippen LogP contribution in [0.2, 0.25) is 10.0 Å². The van der Waals surface area contributed by atoms with Crippen LogP contribution in [0, 0.1) is 12.8 Å². The summed E-state index contributed by atoms with van der Waals surface area (Å²) in [5, 5.41) is 3.90. The Kier molecular flexibility index (Phi) is 7.00. The number of halogens is 2. The van der Waals surface area contributed by atoms with Gasteiger partial charge in [-0.25, -0.2) is 10.9 Å². The monoisotopic (exact) mass is 487 g/mol. The lowest BCUT2D eigenvalue weighted by atomic mass is 9.78. The molecule has 6 nitrogen and oxygen atoms in total. The quantitative estimate of drug-likeness (QED) is 0.472. The molecule has 33 heavy (non-hydrogen) atoms. The summed E-state index contributed by atoms with van der Waals surface area (Å²) in [6.07, 6.45) is 5.14. The van der Waals surface area contributed by atoms with Gasteiger partial charge < -0.3 is 14.8 Å². The van der Waals surface area contributed by atoms with Gasteiger partial charge in [-0.05, 0) is 48.6 Å². The first kappa shape index (κ1) is 23.6. The van der Waals surface area contributed by atoms with Crippen LogP contribution in [0.15, 0.2) is 43.0 Å². The number of rotatable bonds is 6. The summed E-state index contributed by atoms with van der Waals surface area (Å²) in [5.74, 6) is 1.09. The molecule has 1 fully saturated rings. The summed E-state index contributed by atoms with van der Waals surface area (Å²) in [6.45, 7) is 5.56. The number of anilines is 1. The molecule has 1 aliphatic heterocycles. The molecule has 1 saturated heterocycles. The highest BCUT2D eigenvalue weighted by Crippen LogP contribution is 2.48. The van der Waals surface area contributed by atoms with E-state index >= 15 is 0 Å². The number of nitrogens with one attached hydrogen (secondary N) is 3. The minimum Gasteiger partial charge on any atom is -0.495 e. The van der Waals surface area contributed by atoms with Crippen LogP contribution in [-0.2, 0) is 4.79 Å². The zero-order valence-electron chi connectivity index (χ0n) is 18.8. The van der Waals surface area contributed by atoms with Gasteiger partial charge in [-0.2, -0.15) is 0 Å². The van der Waals surface area contributed by atoms with Gasteiger partial charge in [-0.3, -0.25) is 4.79 Å². The number of allylic oxidation sites excluding steroid dienone is 1. The molecule has 2 aromatic carbocycles. The Morgan fingerprint density at radius 2 is 1.85 bits per heavy atom. The molecule has 2 aromatic rings. The van der Waals surface area contributed by atoms with Crippen molar-refractivity contribution in [1.29, 1.82) is 0 Å². The highest BCUT2D eigenvalue weighted by molar-refractivity contribution is 6.39. The van der Waals surface area contributed by atoms with E-state index in [1.807, 2.05) is 13.0 Å². The first-order valence-electron chi connectivity index (χ1n) is 10.7. The summed E-state index contributed by atoms with van der Waals surface area (Å²) in [5.41, 5.74) is 11.5. The van der Waals surface area contributed by atoms with Crippen molar-refractivity contribution in [2.45, 2.75) is 31.8 Å².